The van der Waals surface area contributed by atoms with Crippen LogP contribution in [0.2, 0.25) is 0 Å². The lowest BCUT2D eigenvalue weighted by Crippen LogP contribution is -2.36. The maximum atomic E-state index is 13.5. The first-order valence-corrected chi connectivity index (χ1v) is 13.9. The van der Waals surface area contributed by atoms with E-state index in [9.17, 15) is 14.7 Å². The van der Waals surface area contributed by atoms with E-state index in [0.29, 0.717) is 36.0 Å². The Bertz CT molecular complexity index is 1530. The predicted molar refractivity (Wildman–Crippen MR) is 148 cm³/mol. The van der Waals surface area contributed by atoms with Gasteiger partial charge in [-0.05, 0) is 118 Å². The number of benzene rings is 1. The second-order valence-corrected chi connectivity index (χ2v) is 11.4. The second kappa shape index (κ2) is 9.71. The molecule has 1 N–H and O–H groups in total. The highest BCUT2D eigenvalue weighted by molar-refractivity contribution is 6.11. The zero-order chi connectivity index (χ0) is 27.4. The quantitative estimate of drug-likeness (QED) is 0.431. The monoisotopic (exact) mass is 526 g/mol. The van der Waals surface area contributed by atoms with Gasteiger partial charge in [0, 0.05) is 7.05 Å². The third-order valence-electron chi connectivity index (χ3n) is 8.84. The van der Waals surface area contributed by atoms with Gasteiger partial charge < -0.3 is 9.84 Å². The molecule has 1 amide bonds. The average molecular weight is 527 g/mol. The molecule has 202 valence electrons. The Balaban J connectivity index is 1.39. The van der Waals surface area contributed by atoms with Crippen LogP contribution in [-0.2, 0) is 16.6 Å². The number of hydrogen-bond acceptors (Lipinski definition) is 5. The first-order chi connectivity index (χ1) is 18.7. The zero-order valence-electron chi connectivity index (χ0n) is 22.9. The second-order valence-electron chi connectivity index (χ2n) is 11.4. The molecule has 8 nitrogen and oxygen atoms in total. The van der Waals surface area contributed by atoms with Crippen molar-refractivity contribution in [2.75, 3.05) is 4.90 Å². The number of carboxylic acid groups (broad SMARTS) is 1. The smallest absolute Gasteiger partial charge is 0.308 e. The predicted octanol–water partition coefficient (Wildman–Crippen LogP) is 5.42. The standard InChI is InChI=1S/C31H34N4O4/c1-5-6-27(36)35(25-14-18(3)17(2)13-23(25)19-7-8-19)26-12-11-24-29(32-26)30(33-34(24)4)39-22-15-20-9-10-21(16-22)28(20)31(37)38/h11-14,19-22,28H,7-10,15-16H2,1-4H3,(H,37,38)/t20-,21?,22?,28?/m1/s1. The Morgan fingerprint density at radius 2 is 1.77 bits per heavy atom. The Kier molecular flexibility index (Phi) is 6.33. The number of aryl methyl sites for hydroxylation is 3. The average Bonchev–Trinajstić information content (AvgIpc) is 3.64. The van der Waals surface area contributed by atoms with E-state index in [1.807, 2.05) is 19.2 Å². The molecule has 3 aliphatic carbocycles. The molecular weight excluding hydrogens is 492 g/mol. The molecule has 4 atom stereocenters. The van der Waals surface area contributed by atoms with E-state index in [-0.39, 0.29) is 29.8 Å². The van der Waals surface area contributed by atoms with Crippen LogP contribution >= 0.6 is 0 Å². The molecule has 8 heteroatoms. The van der Waals surface area contributed by atoms with Crippen molar-refractivity contribution in [2.45, 2.75) is 71.3 Å². The number of nitrogens with zero attached hydrogens (tertiary/aromatic N) is 4. The molecule has 3 unspecified atom stereocenters. The van der Waals surface area contributed by atoms with Gasteiger partial charge in [-0.3, -0.25) is 19.2 Å². The SMILES string of the molecule is CC#CC(=O)N(c1ccc2c(n1)c(OC1CC3CC[C@H](C1)C3C(=O)O)nn2C)c1cc(C)c(C)cc1C1CC1. The number of fused-ring (bicyclic) bond motifs is 3. The van der Waals surface area contributed by atoms with Crippen molar-refractivity contribution < 1.29 is 19.4 Å². The van der Waals surface area contributed by atoms with Gasteiger partial charge in [0.15, 0.2) is 5.52 Å². The summed E-state index contributed by atoms with van der Waals surface area (Å²) in [5.74, 6) is 5.80. The molecule has 3 fully saturated rings. The summed E-state index contributed by atoms with van der Waals surface area (Å²) in [7, 11) is 1.85. The maximum absolute atomic E-state index is 13.5. The highest BCUT2D eigenvalue weighted by Crippen LogP contribution is 2.49. The molecule has 0 radical (unpaired) electrons. The number of hydrogen-bond donors (Lipinski definition) is 1. The van der Waals surface area contributed by atoms with Gasteiger partial charge >= 0.3 is 11.9 Å². The van der Waals surface area contributed by atoms with Crippen LogP contribution in [0.1, 0.15) is 68.1 Å². The highest BCUT2D eigenvalue weighted by atomic mass is 16.5. The van der Waals surface area contributed by atoms with Crippen molar-refractivity contribution in [1.29, 1.82) is 0 Å². The lowest BCUT2D eigenvalue weighted by Gasteiger charge is -2.32. The van der Waals surface area contributed by atoms with Gasteiger partial charge in [-0.25, -0.2) is 4.98 Å². The number of carbonyl (C=O) groups excluding carboxylic acids is 1. The Labute approximate surface area is 228 Å². The lowest BCUT2D eigenvalue weighted by atomic mass is 9.77. The molecule has 6 rings (SSSR count). The number of pyridine rings is 1. The lowest BCUT2D eigenvalue weighted by molar-refractivity contribution is -0.146. The van der Waals surface area contributed by atoms with Gasteiger partial charge in [0.2, 0.25) is 0 Å². The van der Waals surface area contributed by atoms with Crippen LogP contribution in [0, 0.1) is 43.4 Å². The molecule has 0 aliphatic heterocycles. The molecule has 0 spiro atoms. The summed E-state index contributed by atoms with van der Waals surface area (Å²) < 4.78 is 8.17. The van der Waals surface area contributed by atoms with Crippen LogP contribution in [0.4, 0.5) is 11.5 Å². The molecule has 1 aromatic carbocycles. The normalized spacial score (nSPS) is 23.8. The molecule has 3 saturated carbocycles. The third-order valence-corrected chi connectivity index (χ3v) is 8.84. The third kappa shape index (κ3) is 4.54. The van der Waals surface area contributed by atoms with Gasteiger partial charge in [0.1, 0.15) is 11.9 Å². The van der Waals surface area contributed by atoms with Gasteiger partial charge in [-0.1, -0.05) is 12.0 Å². The van der Waals surface area contributed by atoms with Crippen LogP contribution in [0.25, 0.3) is 11.0 Å². The van der Waals surface area contributed by atoms with Crippen molar-refractivity contribution in [3.05, 3.63) is 41.0 Å². The summed E-state index contributed by atoms with van der Waals surface area (Å²) in [6.45, 7) is 5.82. The minimum Gasteiger partial charge on any atom is -0.481 e. The van der Waals surface area contributed by atoms with Crippen molar-refractivity contribution in [1.82, 2.24) is 14.8 Å². The molecule has 3 aliphatic rings. The minimum absolute atomic E-state index is 0.105. The first kappa shape index (κ1) is 25.4. The van der Waals surface area contributed by atoms with Gasteiger partial charge in [-0.15, -0.1) is 5.10 Å². The van der Waals surface area contributed by atoms with Crippen molar-refractivity contribution in [3.8, 4) is 17.7 Å². The summed E-state index contributed by atoms with van der Waals surface area (Å²) in [6.07, 6.45) is 5.38. The minimum atomic E-state index is -0.688. The Hall–Kier alpha value is -3.86. The number of carbonyl (C=O) groups is 2. The molecule has 0 saturated heterocycles. The number of carboxylic acids is 1. The summed E-state index contributed by atoms with van der Waals surface area (Å²) >= 11 is 0. The van der Waals surface area contributed by atoms with Gasteiger partial charge in [0.25, 0.3) is 5.88 Å². The zero-order valence-corrected chi connectivity index (χ0v) is 22.9. The van der Waals surface area contributed by atoms with Crippen molar-refractivity contribution in [2.24, 2.45) is 24.8 Å². The largest absolute Gasteiger partial charge is 0.481 e. The summed E-state index contributed by atoms with van der Waals surface area (Å²) in [4.78, 5) is 31.8. The fourth-order valence-electron chi connectivity index (χ4n) is 6.67. The number of rotatable bonds is 6. The van der Waals surface area contributed by atoms with E-state index in [2.05, 4.69) is 42.9 Å². The van der Waals surface area contributed by atoms with Crippen LogP contribution < -0.4 is 9.64 Å². The molecule has 39 heavy (non-hydrogen) atoms. The van der Waals surface area contributed by atoms with E-state index in [1.165, 1.54) is 5.56 Å². The highest BCUT2D eigenvalue weighted by Gasteiger charge is 2.47. The number of amides is 1. The molecular formula is C31H34N4O4. The van der Waals surface area contributed by atoms with Crippen LogP contribution in [0.15, 0.2) is 24.3 Å². The Morgan fingerprint density at radius 3 is 2.41 bits per heavy atom. The van der Waals surface area contributed by atoms with E-state index in [4.69, 9.17) is 9.72 Å². The van der Waals surface area contributed by atoms with Crippen LogP contribution in [-0.4, -0.2) is 37.9 Å². The number of aromatic nitrogens is 3. The van der Waals surface area contributed by atoms with E-state index < -0.39 is 5.97 Å². The molecule has 3 aromatic rings. The summed E-state index contributed by atoms with van der Waals surface area (Å²) in [5.41, 5.74) is 5.67. The summed E-state index contributed by atoms with van der Waals surface area (Å²) in [5, 5.41) is 14.3. The van der Waals surface area contributed by atoms with Gasteiger partial charge in [-0.2, -0.15) is 0 Å². The number of anilines is 2. The van der Waals surface area contributed by atoms with Gasteiger partial charge in [0.05, 0.1) is 17.1 Å². The van der Waals surface area contributed by atoms with E-state index >= 15 is 0 Å². The fraction of sp³-hybridized carbons (Fsp3) is 0.484. The number of aliphatic carboxylic acids is 1. The van der Waals surface area contributed by atoms with Crippen molar-refractivity contribution in [3.63, 3.8) is 0 Å². The first-order valence-electron chi connectivity index (χ1n) is 13.9. The van der Waals surface area contributed by atoms with Crippen LogP contribution in [0.3, 0.4) is 0 Å². The fourth-order valence-corrected chi connectivity index (χ4v) is 6.67. The summed E-state index contributed by atoms with van der Waals surface area (Å²) in [6, 6.07) is 8.02. The van der Waals surface area contributed by atoms with E-state index in [0.717, 1.165) is 48.0 Å². The topological polar surface area (TPSA) is 97.6 Å². The Morgan fingerprint density at radius 1 is 1.08 bits per heavy atom. The number of ether oxygens (including phenoxy) is 1. The molecule has 2 bridgehead atoms. The molecule has 2 aromatic heterocycles. The van der Waals surface area contributed by atoms with Crippen LogP contribution in [0.5, 0.6) is 5.88 Å². The van der Waals surface area contributed by atoms with Crippen molar-refractivity contribution >= 4 is 34.4 Å². The maximum Gasteiger partial charge on any atom is 0.308 e. The molecule has 2 heterocycles. The van der Waals surface area contributed by atoms with E-state index in [1.54, 1.807) is 16.5 Å².